The lowest BCUT2D eigenvalue weighted by atomic mass is 9.78. The molecule has 5 heteroatoms. The van der Waals surface area contributed by atoms with Crippen molar-refractivity contribution in [3.05, 3.63) is 29.3 Å². The summed E-state index contributed by atoms with van der Waals surface area (Å²) in [5.41, 5.74) is 2.70. The first-order valence-corrected chi connectivity index (χ1v) is 7.32. The van der Waals surface area contributed by atoms with E-state index < -0.39 is 0 Å². The molecule has 0 unspecified atom stereocenters. The molecule has 0 amide bonds. The Morgan fingerprint density at radius 2 is 1.91 bits per heavy atom. The van der Waals surface area contributed by atoms with E-state index in [0.717, 1.165) is 23.4 Å². The number of carbonyl (C=O) groups is 1. The molecule has 1 heterocycles. The first kappa shape index (κ1) is 16.2. The Balaban J connectivity index is 2.56. The molecule has 0 radical (unpaired) electrons. The molecule has 1 aromatic rings. The summed E-state index contributed by atoms with van der Waals surface area (Å²) in [5.74, 6) is 0.965. The molecule has 1 aromatic carbocycles. The van der Waals surface area contributed by atoms with Crippen LogP contribution in [0.3, 0.4) is 0 Å². The molecule has 22 heavy (non-hydrogen) atoms. The molecule has 0 saturated carbocycles. The molecule has 0 atom stereocenters. The summed E-state index contributed by atoms with van der Waals surface area (Å²) >= 11 is 0. The van der Waals surface area contributed by atoms with Crippen LogP contribution in [0.15, 0.2) is 18.2 Å². The summed E-state index contributed by atoms with van der Waals surface area (Å²) in [5, 5.41) is 3.31. The van der Waals surface area contributed by atoms with Gasteiger partial charge < -0.3 is 19.5 Å². The molecule has 0 saturated heterocycles. The molecule has 0 fully saturated rings. The Labute approximate surface area is 131 Å². The summed E-state index contributed by atoms with van der Waals surface area (Å²) in [4.78, 5) is 11.8. The third-order valence-electron chi connectivity index (χ3n) is 3.81. The zero-order chi connectivity index (χ0) is 16.3. The van der Waals surface area contributed by atoms with E-state index in [1.54, 1.807) is 21.1 Å². The Hall–Kier alpha value is -2.17. The molecule has 0 aliphatic carbocycles. The minimum Gasteiger partial charge on any atom is -0.493 e. The fraction of sp³-hybridized carbons (Fsp3) is 0.471. The average molecular weight is 305 g/mol. The van der Waals surface area contributed by atoms with E-state index in [9.17, 15) is 4.79 Å². The fourth-order valence-electron chi connectivity index (χ4n) is 2.60. The van der Waals surface area contributed by atoms with Crippen LogP contribution in [0.25, 0.3) is 5.70 Å². The summed E-state index contributed by atoms with van der Waals surface area (Å²) in [6, 6.07) is 3.88. The normalized spacial score (nSPS) is 17.4. The molecule has 1 aliphatic heterocycles. The van der Waals surface area contributed by atoms with Crippen molar-refractivity contribution < 1.29 is 19.0 Å². The zero-order valence-electron chi connectivity index (χ0n) is 13.8. The number of nitrogens with one attached hydrogen (secondary N) is 1. The van der Waals surface area contributed by atoms with E-state index in [4.69, 9.17) is 14.2 Å². The van der Waals surface area contributed by atoms with Crippen LogP contribution >= 0.6 is 0 Å². The molecular formula is C17H23NO4. The number of fused-ring (bicyclic) bond motifs is 1. The summed E-state index contributed by atoms with van der Waals surface area (Å²) in [6.07, 6.45) is 1.49. The van der Waals surface area contributed by atoms with Gasteiger partial charge in [0.05, 0.1) is 20.8 Å². The van der Waals surface area contributed by atoms with Crippen molar-refractivity contribution in [1.82, 2.24) is 5.32 Å². The second kappa shape index (κ2) is 6.30. The van der Waals surface area contributed by atoms with Crippen molar-refractivity contribution in [2.24, 2.45) is 0 Å². The van der Waals surface area contributed by atoms with Gasteiger partial charge in [-0.1, -0.05) is 13.8 Å². The number of carbonyl (C=O) groups excluding carboxylic acids is 1. The van der Waals surface area contributed by atoms with E-state index in [2.05, 4.69) is 19.2 Å². The van der Waals surface area contributed by atoms with Gasteiger partial charge in [0.15, 0.2) is 11.5 Å². The molecule has 1 N–H and O–H groups in total. The third kappa shape index (κ3) is 3.03. The fourth-order valence-corrected chi connectivity index (χ4v) is 2.60. The molecule has 0 bridgehead atoms. The van der Waals surface area contributed by atoms with Crippen LogP contribution in [0.5, 0.6) is 11.5 Å². The lowest BCUT2D eigenvalue weighted by Gasteiger charge is -2.35. The van der Waals surface area contributed by atoms with Crippen LogP contribution in [0.2, 0.25) is 0 Å². The maximum Gasteiger partial charge on any atom is 0.332 e. The minimum atomic E-state index is -0.356. The highest BCUT2D eigenvalue weighted by molar-refractivity contribution is 5.92. The lowest BCUT2D eigenvalue weighted by molar-refractivity contribution is -0.137. The number of rotatable bonds is 4. The van der Waals surface area contributed by atoms with Gasteiger partial charge in [0, 0.05) is 29.3 Å². The summed E-state index contributed by atoms with van der Waals surface area (Å²) in [7, 11) is 3.22. The van der Waals surface area contributed by atoms with Gasteiger partial charge in [0.25, 0.3) is 0 Å². The first-order valence-electron chi connectivity index (χ1n) is 7.32. The molecule has 1 aliphatic rings. The molecule has 120 valence electrons. The Kier molecular flexibility index (Phi) is 4.64. The Morgan fingerprint density at radius 3 is 2.50 bits per heavy atom. The largest absolute Gasteiger partial charge is 0.493 e. The summed E-state index contributed by atoms with van der Waals surface area (Å²) < 4.78 is 15.8. The molecule has 2 rings (SSSR count). The SMILES string of the molecule is CCOC(=O)C=C1NCC(C)(C)c2cc(OC)c(OC)cc21. The average Bonchev–Trinajstić information content (AvgIpc) is 2.49. The number of benzene rings is 1. The molecular weight excluding hydrogens is 282 g/mol. The Bertz CT molecular complexity index is 605. The van der Waals surface area contributed by atoms with E-state index >= 15 is 0 Å². The lowest BCUT2D eigenvalue weighted by Crippen LogP contribution is -2.38. The van der Waals surface area contributed by atoms with E-state index in [1.807, 2.05) is 12.1 Å². The standard InChI is InChI=1S/C17H23NO4/c1-6-22-16(19)9-13-11-7-14(20-4)15(21-5)8-12(11)17(2,3)10-18-13/h7-9,18H,6,10H2,1-5H3. The van der Waals surface area contributed by atoms with Gasteiger partial charge in [-0.3, -0.25) is 0 Å². The van der Waals surface area contributed by atoms with E-state index in [0.29, 0.717) is 18.1 Å². The van der Waals surface area contributed by atoms with Gasteiger partial charge in [-0.15, -0.1) is 0 Å². The number of hydrogen-bond acceptors (Lipinski definition) is 5. The van der Waals surface area contributed by atoms with Gasteiger partial charge in [-0.25, -0.2) is 4.79 Å². The van der Waals surface area contributed by atoms with Crippen LogP contribution in [-0.2, 0) is 14.9 Å². The monoisotopic (exact) mass is 305 g/mol. The smallest absolute Gasteiger partial charge is 0.332 e. The molecule has 5 nitrogen and oxygen atoms in total. The van der Waals surface area contributed by atoms with Gasteiger partial charge >= 0.3 is 5.97 Å². The quantitative estimate of drug-likeness (QED) is 0.684. The van der Waals surface area contributed by atoms with Crippen molar-refractivity contribution in [3.8, 4) is 11.5 Å². The zero-order valence-corrected chi connectivity index (χ0v) is 13.8. The Morgan fingerprint density at radius 1 is 1.27 bits per heavy atom. The highest BCUT2D eigenvalue weighted by Crippen LogP contribution is 2.40. The first-order chi connectivity index (χ1) is 10.4. The molecule has 0 aromatic heterocycles. The topological polar surface area (TPSA) is 56.8 Å². The van der Waals surface area contributed by atoms with Crippen molar-refractivity contribution in [1.29, 1.82) is 0 Å². The van der Waals surface area contributed by atoms with Gasteiger partial charge in [0.2, 0.25) is 0 Å². The second-order valence-corrected chi connectivity index (χ2v) is 5.80. The highest BCUT2D eigenvalue weighted by atomic mass is 16.5. The van der Waals surface area contributed by atoms with Gasteiger partial charge in [-0.05, 0) is 24.6 Å². The van der Waals surface area contributed by atoms with Crippen molar-refractivity contribution in [2.45, 2.75) is 26.2 Å². The third-order valence-corrected chi connectivity index (χ3v) is 3.81. The van der Waals surface area contributed by atoms with Crippen LogP contribution in [0.1, 0.15) is 31.9 Å². The van der Waals surface area contributed by atoms with Crippen molar-refractivity contribution in [3.63, 3.8) is 0 Å². The maximum atomic E-state index is 11.8. The van der Waals surface area contributed by atoms with Crippen LogP contribution in [0, 0.1) is 0 Å². The predicted octanol–water partition coefficient (Wildman–Crippen LogP) is 2.49. The van der Waals surface area contributed by atoms with Crippen molar-refractivity contribution in [2.75, 3.05) is 27.4 Å². The molecule has 0 spiro atoms. The van der Waals surface area contributed by atoms with Crippen molar-refractivity contribution >= 4 is 11.7 Å². The number of methoxy groups -OCH3 is 2. The van der Waals surface area contributed by atoms with Gasteiger partial charge in [-0.2, -0.15) is 0 Å². The van der Waals surface area contributed by atoms with Crippen LogP contribution in [0.4, 0.5) is 0 Å². The summed E-state index contributed by atoms with van der Waals surface area (Å²) in [6.45, 7) is 7.15. The van der Waals surface area contributed by atoms with E-state index in [-0.39, 0.29) is 11.4 Å². The van der Waals surface area contributed by atoms with Gasteiger partial charge in [0.1, 0.15) is 0 Å². The number of esters is 1. The minimum absolute atomic E-state index is 0.0825. The van der Waals surface area contributed by atoms with Crippen LogP contribution < -0.4 is 14.8 Å². The predicted molar refractivity (Wildman–Crippen MR) is 85.2 cm³/mol. The second-order valence-electron chi connectivity index (χ2n) is 5.80. The highest BCUT2D eigenvalue weighted by Gasteiger charge is 2.31. The maximum absolute atomic E-state index is 11.8. The van der Waals surface area contributed by atoms with Crippen LogP contribution in [-0.4, -0.2) is 33.3 Å². The van der Waals surface area contributed by atoms with E-state index in [1.165, 1.54) is 6.08 Å². The number of hydrogen-bond donors (Lipinski definition) is 1. The number of ether oxygens (including phenoxy) is 3.